The third-order valence-corrected chi connectivity index (χ3v) is 3.49. The van der Waals surface area contributed by atoms with E-state index < -0.39 is 5.60 Å². The minimum absolute atomic E-state index is 0.245. The molecule has 84 valence electrons. The molecule has 0 bridgehead atoms. The topological polar surface area (TPSA) is 44.0 Å². The third-order valence-electron chi connectivity index (χ3n) is 3.49. The molecule has 2 heteroatoms. The van der Waals surface area contributed by atoms with Gasteiger partial charge in [0.2, 0.25) is 0 Å². The molecule has 0 saturated heterocycles. The second-order valence-electron chi connectivity index (χ2n) is 4.70. The fourth-order valence-electron chi connectivity index (χ4n) is 2.61. The highest BCUT2D eigenvalue weighted by molar-refractivity contribution is 5.36. The van der Waals surface area contributed by atoms with Crippen LogP contribution in [0.3, 0.4) is 0 Å². The fraction of sp³-hybridized carbons (Fsp3) is 0.500. The number of hydrogen-bond acceptors (Lipinski definition) is 2. The first-order chi connectivity index (χ1) is 7.69. The number of hydrogen-bond donors (Lipinski definition) is 1. The van der Waals surface area contributed by atoms with E-state index in [0.717, 1.165) is 12.8 Å². The van der Waals surface area contributed by atoms with Gasteiger partial charge < -0.3 is 5.11 Å². The van der Waals surface area contributed by atoms with Crippen molar-refractivity contribution in [3.05, 3.63) is 35.4 Å². The second kappa shape index (κ2) is 4.27. The Bertz CT molecular complexity index is 394. The summed E-state index contributed by atoms with van der Waals surface area (Å²) in [5.74, 6) is -0.245. The maximum Gasteiger partial charge on any atom is 0.0885 e. The molecular formula is C14H17NO. The standard InChI is InChI=1S/C14H17NO/c1-2-5-13(10-15)14(16)8-11-6-3-4-7-12(11)9-14/h3-4,6-7,13,16H,2,5,8-9H2,1H3. The van der Waals surface area contributed by atoms with Crippen molar-refractivity contribution in [3.8, 4) is 6.07 Å². The molecule has 1 aromatic rings. The van der Waals surface area contributed by atoms with Crippen LogP contribution in [0.25, 0.3) is 0 Å². The van der Waals surface area contributed by atoms with Crippen molar-refractivity contribution >= 4 is 0 Å². The van der Waals surface area contributed by atoms with Gasteiger partial charge in [0.1, 0.15) is 0 Å². The van der Waals surface area contributed by atoms with Crippen LogP contribution in [0.2, 0.25) is 0 Å². The zero-order chi connectivity index (χ0) is 11.6. The molecule has 0 fully saturated rings. The highest BCUT2D eigenvalue weighted by atomic mass is 16.3. The molecule has 1 aromatic carbocycles. The summed E-state index contributed by atoms with van der Waals surface area (Å²) in [5.41, 5.74) is 1.55. The Labute approximate surface area is 96.5 Å². The Morgan fingerprint density at radius 1 is 1.38 bits per heavy atom. The maximum atomic E-state index is 10.6. The van der Waals surface area contributed by atoms with Gasteiger partial charge in [-0.25, -0.2) is 0 Å². The van der Waals surface area contributed by atoms with Crippen molar-refractivity contribution < 1.29 is 5.11 Å². The lowest BCUT2D eigenvalue weighted by Gasteiger charge is -2.27. The van der Waals surface area contributed by atoms with Gasteiger partial charge >= 0.3 is 0 Å². The molecule has 1 aliphatic carbocycles. The van der Waals surface area contributed by atoms with Crippen LogP contribution in [-0.2, 0) is 12.8 Å². The second-order valence-corrected chi connectivity index (χ2v) is 4.70. The third kappa shape index (κ3) is 1.83. The predicted octanol–water partition coefficient (Wildman–Crippen LogP) is 2.46. The normalized spacial score (nSPS) is 18.8. The van der Waals surface area contributed by atoms with Crippen LogP contribution in [0.15, 0.2) is 24.3 Å². The molecule has 0 aliphatic heterocycles. The van der Waals surface area contributed by atoms with E-state index >= 15 is 0 Å². The largest absolute Gasteiger partial charge is 0.388 e. The van der Waals surface area contributed by atoms with Gasteiger partial charge in [-0.1, -0.05) is 37.6 Å². The predicted molar refractivity (Wildman–Crippen MR) is 62.8 cm³/mol. The Morgan fingerprint density at radius 3 is 2.38 bits per heavy atom. The van der Waals surface area contributed by atoms with Crippen molar-refractivity contribution in [1.29, 1.82) is 5.26 Å². The Hall–Kier alpha value is -1.33. The summed E-state index contributed by atoms with van der Waals surface area (Å²) < 4.78 is 0. The monoisotopic (exact) mass is 215 g/mol. The molecular weight excluding hydrogens is 198 g/mol. The van der Waals surface area contributed by atoms with Crippen molar-refractivity contribution in [3.63, 3.8) is 0 Å². The highest BCUT2D eigenvalue weighted by Gasteiger charge is 2.41. The summed E-state index contributed by atoms with van der Waals surface area (Å²) >= 11 is 0. The molecule has 1 N–H and O–H groups in total. The summed E-state index contributed by atoms with van der Waals surface area (Å²) in [5, 5.41) is 19.7. The number of rotatable bonds is 3. The van der Waals surface area contributed by atoms with Crippen LogP contribution in [-0.4, -0.2) is 10.7 Å². The van der Waals surface area contributed by atoms with Crippen LogP contribution in [0, 0.1) is 17.2 Å². The average molecular weight is 215 g/mol. The molecule has 1 atom stereocenters. The van der Waals surface area contributed by atoms with Gasteiger partial charge in [0, 0.05) is 12.8 Å². The van der Waals surface area contributed by atoms with Crippen LogP contribution in [0.5, 0.6) is 0 Å². The van der Waals surface area contributed by atoms with E-state index in [1.54, 1.807) is 0 Å². The molecule has 16 heavy (non-hydrogen) atoms. The first-order valence-corrected chi connectivity index (χ1v) is 5.88. The highest BCUT2D eigenvalue weighted by Crippen LogP contribution is 2.36. The summed E-state index contributed by atoms with van der Waals surface area (Å²) in [6.07, 6.45) is 2.97. The average Bonchev–Trinajstić information content (AvgIpc) is 2.62. The fourth-order valence-corrected chi connectivity index (χ4v) is 2.61. The van der Waals surface area contributed by atoms with E-state index in [0.29, 0.717) is 12.8 Å². The Morgan fingerprint density at radius 2 is 1.94 bits per heavy atom. The van der Waals surface area contributed by atoms with Crippen LogP contribution >= 0.6 is 0 Å². The minimum Gasteiger partial charge on any atom is -0.388 e. The summed E-state index contributed by atoms with van der Waals surface area (Å²) in [6.45, 7) is 2.05. The lowest BCUT2D eigenvalue weighted by Crippen LogP contribution is -2.38. The quantitative estimate of drug-likeness (QED) is 0.841. The van der Waals surface area contributed by atoms with Crippen LogP contribution in [0.1, 0.15) is 30.9 Å². The number of nitrogens with zero attached hydrogens (tertiary/aromatic N) is 1. The minimum atomic E-state index is -0.839. The Kier molecular flexibility index (Phi) is 2.98. The van der Waals surface area contributed by atoms with Gasteiger partial charge in [-0.15, -0.1) is 0 Å². The summed E-state index contributed by atoms with van der Waals surface area (Å²) in [7, 11) is 0. The van der Waals surface area contributed by atoms with Gasteiger partial charge in [-0.05, 0) is 17.5 Å². The molecule has 0 aromatic heterocycles. The van der Waals surface area contributed by atoms with E-state index in [1.165, 1.54) is 11.1 Å². The molecule has 1 unspecified atom stereocenters. The zero-order valence-electron chi connectivity index (χ0n) is 9.61. The lowest BCUT2D eigenvalue weighted by atomic mass is 9.83. The van der Waals surface area contributed by atoms with E-state index in [4.69, 9.17) is 5.26 Å². The van der Waals surface area contributed by atoms with E-state index in [9.17, 15) is 5.11 Å². The Balaban J connectivity index is 2.22. The summed E-state index contributed by atoms with van der Waals surface area (Å²) in [6, 6.07) is 10.4. The smallest absolute Gasteiger partial charge is 0.0885 e. The number of nitriles is 1. The van der Waals surface area contributed by atoms with Gasteiger partial charge in [-0.2, -0.15) is 5.26 Å². The lowest BCUT2D eigenvalue weighted by molar-refractivity contribution is 0.00923. The zero-order valence-corrected chi connectivity index (χ0v) is 9.61. The molecule has 0 heterocycles. The van der Waals surface area contributed by atoms with Crippen molar-refractivity contribution in [2.45, 2.75) is 38.2 Å². The summed E-state index contributed by atoms with van der Waals surface area (Å²) in [4.78, 5) is 0. The molecule has 0 spiro atoms. The van der Waals surface area contributed by atoms with Gasteiger partial charge in [0.25, 0.3) is 0 Å². The van der Waals surface area contributed by atoms with Gasteiger partial charge in [0.05, 0.1) is 17.6 Å². The molecule has 0 radical (unpaired) electrons. The van der Waals surface area contributed by atoms with Crippen LogP contribution < -0.4 is 0 Å². The number of aliphatic hydroxyl groups is 1. The first-order valence-electron chi connectivity index (χ1n) is 5.88. The molecule has 0 saturated carbocycles. The van der Waals surface area contributed by atoms with Gasteiger partial charge in [0.15, 0.2) is 0 Å². The SMILES string of the molecule is CCCC(C#N)C1(O)Cc2ccccc2C1. The maximum absolute atomic E-state index is 10.6. The van der Waals surface area contributed by atoms with E-state index in [1.807, 2.05) is 24.3 Å². The van der Waals surface area contributed by atoms with Gasteiger partial charge in [-0.3, -0.25) is 0 Å². The number of benzene rings is 1. The molecule has 2 rings (SSSR count). The van der Waals surface area contributed by atoms with Crippen LogP contribution in [0.4, 0.5) is 0 Å². The molecule has 2 nitrogen and oxygen atoms in total. The first kappa shape index (κ1) is 11.2. The molecule has 1 aliphatic rings. The van der Waals surface area contributed by atoms with E-state index in [-0.39, 0.29) is 5.92 Å². The molecule has 0 amide bonds. The number of fused-ring (bicyclic) bond motifs is 1. The van der Waals surface area contributed by atoms with Crippen molar-refractivity contribution in [1.82, 2.24) is 0 Å². The van der Waals surface area contributed by atoms with Crippen molar-refractivity contribution in [2.75, 3.05) is 0 Å². The van der Waals surface area contributed by atoms with E-state index in [2.05, 4.69) is 13.0 Å². The van der Waals surface area contributed by atoms with Crippen molar-refractivity contribution in [2.24, 2.45) is 5.92 Å².